The van der Waals surface area contributed by atoms with Gasteiger partial charge in [0.15, 0.2) is 0 Å². The van der Waals surface area contributed by atoms with E-state index in [1.807, 2.05) is 0 Å². The Labute approximate surface area is 148 Å². The lowest BCUT2D eigenvalue weighted by atomic mass is 9.94. The molecule has 0 aromatic heterocycles. The molecule has 0 saturated carbocycles. The monoisotopic (exact) mass is 355 g/mol. The highest BCUT2D eigenvalue weighted by atomic mass is 32.2. The number of nitriles is 3. The van der Waals surface area contributed by atoms with Gasteiger partial charge in [-0.3, -0.25) is 0 Å². The van der Waals surface area contributed by atoms with E-state index in [1.54, 1.807) is 35.3 Å². The normalized spacial score (nSPS) is 10.1. The van der Waals surface area contributed by atoms with E-state index >= 15 is 0 Å². The van der Waals surface area contributed by atoms with Crippen LogP contribution in [-0.2, 0) is 0 Å². The minimum atomic E-state index is 0.597. The average molecular weight is 356 g/mol. The van der Waals surface area contributed by atoms with Crippen molar-refractivity contribution in [2.45, 2.75) is 38.5 Å². The van der Waals surface area contributed by atoms with Crippen molar-refractivity contribution in [1.29, 1.82) is 15.8 Å². The molecular weight excluding hydrogens is 330 g/mol. The van der Waals surface area contributed by atoms with Crippen molar-refractivity contribution in [1.82, 2.24) is 0 Å². The molecule has 0 heterocycles. The zero-order chi connectivity index (χ0) is 16.3. The minimum Gasteiger partial charge on any atom is -0.197 e. The summed E-state index contributed by atoms with van der Waals surface area (Å²) in [4.78, 5) is 0. The van der Waals surface area contributed by atoms with Gasteiger partial charge in [-0.1, -0.05) is 0 Å². The zero-order valence-corrected chi connectivity index (χ0v) is 15.6. The first-order valence-corrected chi connectivity index (χ1v) is 11.2. The predicted octanol–water partition coefficient (Wildman–Crippen LogP) is 4.71. The number of thioether (sulfide) groups is 3. The fraction of sp³-hybridized carbons (Fsp3) is 0.812. The Morgan fingerprint density at radius 2 is 0.909 bits per heavy atom. The molecule has 0 aromatic rings. The van der Waals surface area contributed by atoms with Crippen molar-refractivity contribution in [3.63, 3.8) is 0 Å². The van der Waals surface area contributed by atoms with Gasteiger partial charge in [-0.15, -0.1) is 35.3 Å². The molecule has 0 rings (SSSR count). The van der Waals surface area contributed by atoms with E-state index in [0.717, 1.165) is 23.2 Å². The van der Waals surface area contributed by atoms with Gasteiger partial charge in [0.1, 0.15) is 0 Å². The molecule has 0 bridgehead atoms. The van der Waals surface area contributed by atoms with E-state index in [4.69, 9.17) is 15.8 Å². The number of rotatable bonds is 15. The standard InChI is InChI=1S/C16H25N3S3/c17-7-13-20-10-1-4-16(5-2-11-21-14-8-18)6-3-12-22-15-9-19/h16H,1-6,10-15H2. The van der Waals surface area contributed by atoms with Gasteiger partial charge >= 0.3 is 0 Å². The maximum absolute atomic E-state index is 8.53. The highest BCUT2D eigenvalue weighted by Gasteiger charge is 2.08. The molecule has 0 unspecified atom stereocenters. The Hall–Kier alpha value is -0.480. The van der Waals surface area contributed by atoms with Crippen molar-refractivity contribution in [2.24, 2.45) is 5.92 Å². The van der Waals surface area contributed by atoms with E-state index in [2.05, 4.69) is 18.2 Å². The largest absolute Gasteiger partial charge is 0.197 e. The molecule has 22 heavy (non-hydrogen) atoms. The summed E-state index contributed by atoms with van der Waals surface area (Å²) in [6.07, 6.45) is 7.29. The summed E-state index contributed by atoms with van der Waals surface area (Å²) in [6.45, 7) is 0. The molecule has 0 aliphatic heterocycles. The van der Waals surface area contributed by atoms with Crippen LogP contribution in [0.2, 0.25) is 0 Å². The first kappa shape index (κ1) is 21.5. The first-order chi connectivity index (χ1) is 10.8. The van der Waals surface area contributed by atoms with Crippen LogP contribution in [-0.4, -0.2) is 34.5 Å². The minimum absolute atomic E-state index is 0.597. The molecular formula is C16H25N3S3. The summed E-state index contributed by atoms with van der Waals surface area (Å²) < 4.78 is 0. The Kier molecular flexibility index (Phi) is 18.2. The Morgan fingerprint density at radius 3 is 1.18 bits per heavy atom. The molecule has 0 atom stereocenters. The van der Waals surface area contributed by atoms with E-state index in [9.17, 15) is 0 Å². The fourth-order valence-electron chi connectivity index (χ4n) is 2.21. The summed E-state index contributed by atoms with van der Waals surface area (Å²) in [7, 11) is 0. The molecule has 0 amide bonds. The smallest absolute Gasteiger partial charge is 0.0808 e. The Morgan fingerprint density at radius 1 is 0.591 bits per heavy atom. The second-order valence-electron chi connectivity index (χ2n) is 4.92. The van der Waals surface area contributed by atoms with Crippen molar-refractivity contribution < 1.29 is 0 Å². The average Bonchev–Trinajstić information content (AvgIpc) is 2.53. The van der Waals surface area contributed by atoms with Crippen LogP contribution in [0.3, 0.4) is 0 Å². The molecule has 0 radical (unpaired) electrons. The third-order valence-electron chi connectivity index (χ3n) is 3.20. The topological polar surface area (TPSA) is 71.4 Å². The fourth-order valence-corrected chi connectivity index (χ4v) is 4.03. The van der Waals surface area contributed by atoms with E-state index in [-0.39, 0.29) is 0 Å². The number of nitrogens with zero attached hydrogens (tertiary/aromatic N) is 3. The van der Waals surface area contributed by atoms with Crippen molar-refractivity contribution >= 4 is 35.3 Å². The van der Waals surface area contributed by atoms with E-state index < -0.39 is 0 Å². The zero-order valence-electron chi connectivity index (χ0n) is 13.1. The summed E-state index contributed by atoms with van der Waals surface area (Å²) in [5.41, 5.74) is 0. The molecule has 6 heteroatoms. The van der Waals surface area contributed by atoms with Crippen molar-refractivity contribution in [3.8, 4) is 18.2 Å². The van der Waals surface area contributed by atoms with Crippen LogP contribution in [0.5, 0.6) is 0 Å². The second-order valence-corrected chi connectivity index (χ2v) is 8.24. The highest BCUT2D eigenvalue weighted by molar-refractivity contribution is 7.99. The molecule has 3 nitrogen and oxygen atoms in total. The van der Waals surface area contributed by atoms with Crippen LogP contribution >= 0.6 is 35.3 Å². The lowest BCUT2D eigenvalue weighted by Gasteiger charge is -2.16. The van der Waals surface area contributed by atoms with Gasteiger partial charge in [-0.2, -0.15) is 15.8 Å². The van der Waals surface area contributed by atoms with Crippen LogP contribution in [0.1, 0.15) is 38.5 Å². The molecule has 0 fully saturated rings. The Bertz CT molecular complexity index is 311. The number of hydrogen-bond acceptors (Lipinski definition) is 6. The second kappa shape index (κ2) is 18.6. The van der Waals surface area contributed by atoms with Gasteiger partial charge in [0.05, 0.1) is 35.5 Å². The van der Waals surface area contributed by atoms with Gasteiger partial charge < -0.3 is 0 Å². The molecule has 122 valence electrons. The van der Waals surface area contributed by atoms with E-state index in [0.29, 0.717) is 17.3 Å². The highest BCUT2D eigenvalue weighted by Crippen LogP contribution is 2.23. The molecule has 0 saturated heterocycles. The molecule has 0 aromatic carbocycles. The number of hydrogen-bond donors (Lipinski definition) is 0. The van der Waals surface area contributed by atoms with Gasteiger partial charge in [0, 0.05) is 0 Å². The van der Waals surface area contributed by atoms with Crippen LogP contribution in [0.4, 0.5) is 0 Å². The third-order valence-corrected chi connectivity index (χ3v) is 5.93. The predicted molar refractivity (Wildman–Crippen MR) is 100 cm³/mol. The molecule has 0 aliphatic carbocycles. The van der Waals surface area contributed by atoms with E-state index in [1.165, 1.54) is 38.5 Å². The molecule has 0 aliphatic rings. The first-order valence-electron chi connectivity index (χ1n) is 7.69. The summed E-state index contributed by atoms with van der Waals surface area (Å²) in [5.74, 6) is 5.79. The quantitative estimate of drug-likeness (QED) is 0.396. The third kappa shape index (κ3) is 15.9. The van der Waals surface area contributed by atoms with Gasteiger partial charge in [-0.05, 0) is 61.7 Å². The van der Waals surface area contributed by atoms with Gasteiger partial charge in [-0.25, -0.2) is 0 Å². The van der Waals surface area contributed by atoms with Crippen LogP contribution in [0, 0.1) is 39.9 Å². The van der Waals surface area contributed by atoms with Crippen molar-refractivity contribution in [3.05, 3.63) is 0 Å². The molecule has 0 N–H and O–H groups in total. The summed E-state index contributed by atoms with van der Waals surface area (Å²) in [6, 6.07) is 6.50. The summed E-state index contributed by atoms with van der Waals surface area (Å²) >= 11 is 5.17. The Balaban J connectivity index is 3.80. The maximum Gasteiger partial charge on any atom is 0.0808 e. The van der Waals surface area contributed by atoms with Gasteiger partial charge in [0.2, 0.25) is 0 Å². The van der Waals surface area contributed by atoms with Crippen LogP contribution in [0.15, 0.2) is 0 Å². The maximum atomic E-state index is 8.53. The lowest BCUT2D eigenvalue weighted by molar-refractivity contribution is 0.411. The van der Waals surface area contributed by atoms with Crippen LogP contribution in [0.25, 0.3) is 0 Å². The van der Waals surface area contributed by atoms with Gasteiger partial charge in [0.25, 0.3) is 0 Å². The summed E-state index contributed by atoms with van der Waals surface area (Å²) in [5, 5.41) is 25.6. The van der Waals surface area contributed by atoms with Crippen LogP contribution < -0.4 is 0 Å². The van der Waals surface area contributed by atoms with Crippen molar-refractivity contribution in [2.75, 3.05) is 34.5 Å². The lowest BCUT2D eigenvalue weighted by Crippen LogP contribution is -2.03. The SMILES string of the molecule is N#CCSCCCC(CCCSCC#N)CCCSCC#N. The molecule has 0 spiro atoms.